The maximum absolute atomic E-state index is 13.2. The smallest absolute Gasteiger partial charge is 0.338 e. The van der Waals surface area contributed by atoms with Gasteiger partial charge in [-0.15, -0.1) is 0 Å². The number of amidine groups is 1. The fourth-order valence-corrected chi connectivity index (χ4v) is 4.80. The highest BCUT2D eigenvalue weighted by molar-refractivity contribution is 8.17. The van der Waals surface area contributed by atoms with Gasteiger partial charge in [-0.2, -0.15) is 5.26 Å². The van der Waals surface area contributed by atoms with Crippen molar-refractivity contribution >= 4 is 33.7 Å². The van der Waals surface area contributed by atoms with E-state index in [1.165, 1.54) is 11.8 Å². The van der Waals surface area contributed by atoms with Crippen LogP contribution in [0.5, 0.6) is 5.75 Å². The number of hydrogen-bond donors (Lipinski definition) is 1. The van der Waals surface area contributed by atoms with Gasteiger partial charge in [-0.05, 0) is 49.4 Å². The molecule has 2 aliphatic rings. The number of carbonyl (C=O) groups is 1. The van der Waals surface area contributed by atoms with Crippen LogP contribution in [0.4, 0.5) is 0 Å². The molecule has 0 radical (unpaired) electrons. The van der Waals surface area contributed by atoms with Gasteiger partial charge >= 0.3 is 5.97 Å². The van der Waals surface area contributed by atoms with Gasteiger partial charge in [0.25, 0.3) is 0 Å². The summed E-state index contributed by atoms with van der Waals surface area (Å²) in [5.74, 6) is 0.392. The largest absolute Gasteiger partial charge is 0.496 e. The zero-order valence-electron chi connectivity index (χ0n) is 17.7. The summed E-state index contributed by atoms with van der Waals surface area (Å²) in [5.41, 5.74) is 8.05. The second-order valence-electron chi connectivity index (χ2n) is 7.45. The number of aliphatic imine (C=N–C) groups is 1. The Morgan fingerprint density at radius 3 is 2.71 bits per heavy atom. The number of nitrogens with zero attached hydrogens (tertiary/aromatic N) is 3. The SMILES string of the molecule is COc1ccc2ccccc2c1[C@H]1C(C(=O)OC(C)C)=C(C)N=C2SC(C#N)=C(N)N21. The summed E-state index contributed by atoms with van der Waals surface area (Å²) >= 11 is 1.19. The average molecular weight is 435 g/mol. The van der Waals surface area contributed by atoms with E-state index >= 15 is 0 Å². The number of fused-ring (bicyclic) bond motifs is 2. The van der Waals surface area contributed by atoms with E-state index in [2.05, 4.69) is 11.1 Å². The second kappa shape index (κ2) is 8.00. The molecular weight excluding hydrogens is 412 g/mol. The van der Waals surface area contributed by atoms with Crippen LogP contribution in [0.15, 0.2) is 63.4 Å². The summed E-state index contributed by atoms with van der Waals surface area (Å²) < 4.78 is 11.3. The fraction of sp³-hybridized carbons (Fsp3) is 0.261. The predicted molar refractivity (Wildman–Crippen MR) is 121 cm³/mol. The van der Waals surface area contributed by atoms with Gasteiger partial charge in [0.05, 0.1) is 24.5 Å². The molecule has 4 rings (SSSR count). The number of rotatable bonds is 4. The van der Waals surface area contributed by atoms with E-state index in [9.17, 15) is 10.1 Å². The van der Waals surface area contributed by atoms with Crippen molar-refractivity contribution in [1.82, 2.24) is 4.90 Å². The first-order chi connectivity index (χ1) is 14.9. The Kier molecular flexibility index (Phi) is 5.38. The highest BCUT2D eigenvalue weighted by Crippen LogP contribution is 2.49. The topological polar surface area (TPSA) is 101 Å². The zero-order valence-corrected chi connectivity index (χ0v) is 18.5. The van der Waals surface area contributed by atoms with Gasteiger partial charge in [-0.25, -0.2) is 9.79 Å². The van der Waals surface area contributed by atoms with E-state index in [0.29, 0.717) is 27.1 Å². The van der Waals surface area contributed by atoms with Gasteiger partial charge in [0.2, 0.25) is 0 Å². The minimum atomic E-state index is -0.654. The van der Waals surface area contributed by atoms with E-state index < -0.39 is 12.0 Å². The Hall–Kier alpha value is -3.44. The van der Waals surface area contributed by atoms with Crippen LogP contribution in [0.3, 0.4) is 0 Å². The maximum Gasteiger partial charge on any atom is 0.338 e. The first kappa shape index (κ1) is 20.8. The molecule has 1 atom stereocenters. The van der Waals surface area contributed by atoms with Crippen LogP contribution in [-0.4, -0.2) is 29.3 Å². The van der Waals surface area contributed by atoms with E-state index in [0.717, 1.165) is 16.3 Å². The Labute approximate surface area is 184 Å². The van der Waals surface area contributed by atoms with Gasteiger partial charge in [0.15, 0.2) is 5.17 Å². The number of nitrogens with two attached hydrogens (primary N) is 1. The first-order valence-corrected chi connectivity index (χ1v) is 10.6. The number of hydrogen-bond acceptors (Lipinski definition) is 8. The number of ether oxygens (including phenoxy) is 2. The molecule has 0 amide bonds. The lowest BCUT2D eigenvalue weighted by Crippen LogP contribution is -2.39. The van der Waals surface area contributed by atoms with Crippen molar-refractivity contribution in [2.75, 3.05) is 7.11 Å². The monoisotopic (exact) mass is 434 g/mol. The molecule has 2 heterocycles. The molecule has 0 aliphatic carbocycles. The number of carbonyl (C=O) groups excluding carboxylic acids is 1. The lowest BCUT2D eigenvalue weighted by molar-refractivity contribution is -0.143. The molecule has 0 fully saturated rings. The molecule has 2 N–H and O–H groups in total. The minimum absolute atomic E-state index is 0.258. The molecule has 0 unspecified atom stereocenters. The van der Waals surface area contributed by atoms with Crippen molar-refractivity contribution in [1.29, 1.82) is 5.26 Å². The Balaban J connectivity index is 2.04. The van der Waals surface area contributed by atoms with Crippen LogP contribution in [0.1, 0.15) is 32.4 Å². The Morgan fingerprint density at radius 1 is 1.29 bits per heavy atom. The summed E-state index contributed by atoms with van der Waals surface area (Å²) in [7, 11) is 1.59. The average Bonchev–Trinajstić information content (AvgIpc) is 3.06. The van der Waals surface area contributed by atoms with Crippen molar-refractivity contribution < 1.29 is 14.3 Å². The van der Waals surface area contributed by atoms with E-state index in [1.807, 2.05) is 36.4 Å². The molecule has 0 aromatic heterocycles. The highest BCUT2D eigenvalue weighted by Gasteiger charge is 2.44. The second-order valence-corrected chi connectivity index (χ2v) is 8.43. The molecular formula is C23H22N4O3S. The normalized spacial score (nSPS) is 18.3. The van der Waals surface area contributed by atoms with Crippen molar-refractivity contribution in [2.24, 2.45) is 10.7 Å². The van der Waals surface area contributed by atoms with Crippen LogP contribution >= 0.6 is 11.8 Å². The van der Waals surface area contributed by atoms with Gasteiger partial charge in [0.1, 0.15) is 28.6 Å². The molecule has 0 saturated heterocycles. The van der Waals surface area contributed by atoms with Gasteiger partial charge in [-0.1, -0.05) is 30.3 Å². The summed E-state index contributed by atoms with van der Waals surface area (Å²) in [6.45, 7) is 5.37. The molecule has 2 aromatic rings. The summed E-state index contributed by atoms with van der Waals surface area (Å²) in [6, 6.07) is 13.2. The standard InChI is InChI=1S/C23H22N4O3S/c1-12(2)30-22(28)18-13(3)26-23-27(21(25)17(11-24)31-23)20(18)19-15-8-6-5-7-14(15)9-10-16(19)29-4/h5-10,12,20H,25H2,1-4H3/t20-/m1/s1. The van der Waals surface area contributed by atoms with Gasteiger partial charge < -0.3 is 15.2 Å². The van der Waals surface area contributed by atoms with E-state index in [-0.39, 0.29) is 11.9 Å². The van der Waals surface area contributed by atoms with Crippen molar-refractivity contribution in [2.45, 2.75) is 32.9 Å². The third-order valence-corrected chi connectivity index (χ3v) is 6.14. The lowest BCUT2D eigenvalue weighted by atomic mass is 9.89. The summed E-state index contributed by atoms with van der Waals surface area (Å²) in [6.07, 6.45) is -0.302. The van der Waals surface area contributed by atoms with Gasteiger partial charge in [0, 0.05) is 5.56 Å². The Morgan fingerprint density at radius 2 is 2.03 bits per heavy atom. The third-order valence-electron chi connectivity index (χ3n) is 5.16. The van der Waals surface area contributed by atoms with Crippen LogP contribution < -0.4 is 10.5 Å². The summed E-state index contributed by atoms with van der Waals surface area (Å²) in [5, 5.41) is 12.0. The summed E-state index contributed by atoms with van der Waals surface area (Å²) in [4.78, 5) is 19.9. The molecule has 8 heteroatoms. The molecule has 0 saturated carbocycles. The molecule has 158 valence electrons. The minimum Gasteiger partial charge on any atom is -0.496 e. The van der Waals surface area contributed by atoms with Crippen molar-refractivity contribution in [3.63, 3.8) is 0 Å². The highest BCUT2D eigenvalue weighted by atomic mass is 32.2. The lowest BCUT2D eigenvalue weighted by Gasteiger charge is -2.36. The number of thioether (sulfide) groups is 1. The molecule has 2 aromatic carbocycles. The molecule has 31 heavy (non-hydrogen) atoms. The zero-order chi connectivity index (χ0) is 22.3. The maximum atomic E-state index is 13.2. The Bertz CT molecular complexity index is 1220. The number of esters is 1. The van der Waals surface area contributed by atoms with Crippen LogP contribution in [-0.2, 0) is 9.53 Å². The van der Waals surface area contributed by atoms with E-state index in [1.54, 1.807) is 32.8 Å². The predicted octanol–water partition coefficient (Wildman–Crippen LogP) is 4.18. The molecule has 0 bridgehead atoms. The number of benzene rings is 2. The quantitative estimate of drug-likeness (QED) is 0.720. The van der Waals surface area contributed by atoms with Crippen LogP contribution in [0.2, 0.25) is 0 Å². The van der Waals surface area contributed by atoms with Crippen LogP contribution in [0, 0.1) is 11.3 Å². The molecule has 2 aliphatic heterocycles. The molecule has 7 nitrogen and oxygen atoms in total. The van der Waals surface area contributed by atoms with Crippen molar-refractivity contribution in [3.8, 4) is 11.8 Å². The number of nitriles is 1. The third kappa shape index (κ3) is 3.41. The van der Waals surface area contributed by atoms with Gasteiger partial charge in [-0.3, -0.25) is 4.90 Å². The fourth-order valence-electron chi connectivity index (χ4n) is 3.89. The number of allylic oxidation sites excluding steroid dienone is 2. The first-order valence-electron chi connectivity index (χ1n) is 9.80. The number of methoxy groups -OCH3 is 1. The van der Waals surface area contributed by atoms with Crippen LogP contribution in [0.25, 0.3) is 10.8 Å². The molecule has 0 spiro atoms. The van der Waals surface area contributed by atoms with E-state index in [4.69, 9.17) is 15.2 Å². The van der Waals surface area contributed by atoms with Crippen molar-refractivity contribution in [3.05, 3.63) is 64.0 Å².